The fourth-order valence-corrected chi connectivity index (χ4v) is 3.66. The maximum atomic E-state index is 12.2. The summed E-state index contributed by atoms with van der Waals surface area (Å²) in [5.41, 5.74) is 6.26. The van der Waals surface area contributed by atoms with Gasteiger partial charge < -0.3 is 20.9 Å². The fraction of sp³-hybridized carbons (Fsp3) is 0.222. The molecule has 1 saturated carbocycles. The highest BCUT2D eigenvalue weighted by Gasteiger charge is 2.31. The molecule has 0 spiro atoms. The monoisotopic (exact) mass is 450 g/mol. The van der Waals surface area contributed by atoms with Gasteiger partial charge in [-0.15, -0.1) is 10.2 Å². The van der Waals surface area contributed by atoms with Crippen LogP contribution in [0.3, 0.4) is 0 Å². The number of carbonyl (C=O) groups is 1. The molecule has 0 saturated heterocycles. The topological polar surface area (TPSA) is 146 Å². The molecule has 1 fully saturated rings. The molecule has 156 valence electrons. The summed E-state index contributed by atoms with van der Waals surface area (Å²) in [7, 11) is 0. The summed E-state index contributed by atoms with van der Waals surface area (Å²) < 4.78 is 5.69. The standard InChI is InChI=1S/C18H16Cl2N6O4/c1-7-16(21)25-26(18(29)22-7)9-4-12(19)15(13(20)5-9)30-14-6-11(17(28)24-23-14)8-2-10(27)3-8/h4-6,8,10,27H,1-3H2,(H2,21,25)(H,22,29)(H,24,28)/t8-,10-. The van der Waals surface area contributed by atoms with Gasteiger partial charge in [0.25, 0.3) is 5.56 Å². The van der Waals surface area contributed by atoms with Crippen LogP contribution in [0.15, 0.2) is 40.4 Å². The van der Waals surface area contributed by atoms with Crippen molar-refractivity contribution in [1.29, 1.82) is 0 Å². The average Bonchev–Trinajstić information content (AvgIpc) is 2.66. The number of carbonyl (C=O) groups excluding carboxylic acids is 1. The van der Waals surface area contributed by atoms with Crippen LogP contribution in [0.1, 0.15) is 24.3 Å². The molecule has 2 aromatic rings. The third-order valence-electron chi connectivity index (χ3n) is 4.76. The van der Waals surface area contributed by atoms with Crippen LogP contribution >= 0.6 is 23.2 Å². The van der Waals surface area contributed by atoms with Crippen LogP contribution in [0.5, 0.6) is 11.6 Å². The van der Waals surface area contributed by atoms with Gasteiger partial charge in [0.2, 0.25) is 5.88 Å². The third kappa shape index (κ3) is 3.72. The molecule has 0 atom stereocenters. The van der Waals surface area contributed by atoms with Crippen molar-refractivity contribution in [2.45, 2.75) is 24.9 Å². The molecular weight excluding hydrogens is 435 g/mol. The Balaban J connectivity index is 1.62. The molecule has 0 unspecified atom stereocenters. The Labute approximate surface area is 179 Å². The van der Waals surface area contributed by atoms with Crippen molar-refractivity contribution in [3.63, 3.8) is 0 Å². The van der Waals surface area contributed by atoms with Crippen LogP contribution < -0.4 is 26.4 Å². The Morgan fingerprint density at radius 2 is 1.90 bits per heavy atom. The lowest BCUT2D eigenvalue weighted by Crippen LogP contribution is -2.45. The van der Waals surface area contributed by atoms with Gasteiger partial charge in [0.05, 0.1) is 27.5 Å². The van der Waals surface area contributed by atoms with Crippen LogP contribution in [0.25, 0.3) is 0 Å². The first-order chi connectivity index (χ1) is 14.2. The first-order valence-corrected chi connectivity index (χ1v) is 9.57. The second kappa shape index (κ2) is 7.63. The summed E-state index contributed by atoms with van der Waals surface area (Å²) in [5, 5.41) is 23.3. The van der Waals surface area contributed by atoms with E-state index in [1.807, 2.05) is 0 Å². The predicted octanol–water partition coefficient (Wildman–Crippen LogP) is 2.42. The number of nitrogens with two attached hydrogens (primary N) is 1. The average molecular weight is 451 g/mol. The Morgan fingerprint density at radius 1 is 1.23 bits per heavy atom. The van der Waals surface area contributed by atoms with E-state index in [4.69, 9.17) is 33.7 Å². The smallest absolute Gasteiger partial charge is 0.347 e. The summed E-state index contributed by atoms with van der Waals surface area (Å²) in [5.74, 6) is 0.128. The maximum Gasteiger partial charge on any atom is 0.347 e. The number of urea groups is 1. The quantitative estimate of drug-likeness (QED) is 0.562. The van der Waals surface area contributed by atoms with Gasteiger partial charge in [-0.3, -0.25) is 4.79 Å². The largest absolute Gasteiger partial charge is 0.434 e. The van der Waals surface area contributed by atoms with Gasteiger partial charge in [0.15, 0.2) is 11.6 Å². The van der Waals surface area contributed by atoms with E-state index in [1.165, 1.54) is 18.2 Å². The number of aromatic amines is 1. The van der Waals surface area contributed by atoms with Crippen molar-refractivity contribution in [1.82, 2.24) is 15.5 Å². The number of ether oxygens (including phenoxy) is 1. The minimum atomic E-state index is -0.579. The van der Waals surface area contributed by atoms with Gasteiger partial charge in [0, 0.05) is 11.6 Å². The molecular formula is C18H16Cl2N6O4. The molecule has 30 heavy (non-hydrogen) atoms. The van der Waals surface area contributed by atoms with Crippen LogP contribution in [-0.2, 0) is 0 Å². The minimum Gasteiger partial charge on any atom is -0.434 e. The summed E-state index contributed by atoms with van der Waals surface area (Å²) >= 11 is 12.6. The molecule has 5 N–H and O–H groups in total. The summed E-state index contributed by atoms with van der Waals surface area (Å²) in [6.45, 7) is 3.58. The zero-order valence-corrected chi connectivity index (χ0v) is 16.9. The number of nitrogens with zero attached hydrogens (tertiary/aromatic N) is 3. The molecule has 4 rings (SSSR count). The second-order valence-corrected chi connectivity index (χ2v) is 7.67. The van der Waals surface area contributed by atoms with Crippen molar-refractivity contribution < 1.29 is 14.6 Å². The van der Waals surface area contributed by atoms with Gasteiger partial charge in [-0.25, -0.2) is 9.89 Å². The number of aliphatic hydroxyl groups excluding tert-OH is 1. The summed E-state index contributed by atoms with van der Waals surface area (Å²) in [6, 6.07) is 3.75. The number of hydrogen-bond acceptors (Lipinski definition) is 7. The molecule has 10 nitrogen and oxygen atoms in total. The van der Waals surface area contributed by atoms with Crippen molar-refractivity contribution in [2.75, 3.05) is 5.01 Å². The first-order valence-electron chi connectivity index (χ1n) is 8.82. The third-order valence-corrected chi connectivity index (χ3v) is 5.32. The van der Waals surface area contributed by atoms with E-state index in [2.05, 4.69) is 27.2 Å². The fourth-order valence-electron chi connectivity index (χ4n) is 3.10. The van der Waals surface area contributed by atoms with E-state index >= 15 is 0 Å². The van der Waals surface area contributed by atoms with Gasteiger partial charge in [-0.2, -0.15) is 5.01 Å². The number of hydrogen-bond donors (Lipinski definition) is 4. The number of aromatic nitrogens is 2. The Hall–Kier alpha value is -3.08. The van der Waals surface area contributed by atoms with Crippen LogP contribution in [0.2, 0.25) is 10.0 Å². The Morgan fingerprint density at radius 3 is 2.53 bits per heavy atom. The van der Waals surface area contributed by atoms with Crippen molar-refractivity contribution in [3.8, 4) is 11.6 Å². The molecule has 0 bridgehead atoms. The van der Waals surface area contributed by atoms with Crippen LogP contribution in [0.4, 0.5) is 10.5 Å². The molecule has 1 aromatic heterocycles. The van der Waals surface area contributed by atoms with E-state index in [0.717, 1.165) is 5.01 Å². The normalized spacial score (nSPS) is 21.0. The maximum absolute atomic E-state index is 12.2. The van der Waals surface area contributed by atoms with Crippen molar-refractivity contribution in [3.05, 3.63) is 56.4 Å². The number of aliphatic hydroxyl groups is 1. The summed E-state index contributed by atoms with van der Waals surface area (Å²) in [4.78, 5) is 24.2. The second-order valence-electron chi connectivity index (χ2n) is 6.86. The van der Waals surface area contributed by atoms with E-state index in [-0.39, 0.29) is 50.4 Å². The van der Waals surface area contributed by atoms with Crippen molar-refractivity contribution in [2.24, 2.45) is 10.8 Å². The molecule has 1 aliphatic carbocycles. The van der Waals surface area contributed by atoms with Crippen LogP contribution in [-0.4, -0.2) is 33.3 Å². The minimum absolute atomic E-state index is 0.0354. The number of anilines is 1. The Bertz CT molecular complexity index is 1120. The van der Waals surface area contributed by atoms with E-state index < -0.39 is 12.1 Å². The van der Waals surface area contributed by atoms with Gasteiger partial charge in [-0.1, -0.05) is 29.8 Å². The lowest BCUT2D eigenvalue weighted by Gasteiger charge is -2.30. The zero-order chi connectivity index (χ0) is 21.6. The number of benzene rings is 1. The highest BCUT2D eigenvalue weighted by Crippen LogP contribution is 2.41. The van der Waals surface area contributed by atoms with E-state index in [1.54, 1.807) is 0 Å². The van der Waals surface area contributed by atoms with E-state index in [9.17, 15) is 14.7 Å². The number of hydrazone groups is 1. The molecule has 2 aliphatic rings. The van der Waals surface area contributed by atoms with Crippen LogP contribution in [0, 0.1) is 0 Å². The first kappa shape index (κ1) is 20.2. The lowest BCUT2D eigenvalue weighted by molar-refractivity contribution is 0.0740. The molecule has 0 radical (unpaired) electrons. The SMILES string of the molecule is C=C1NC(=O)N(c2cc(Cl)c(Oc3cc([C@H]4C[C@H](O)C4)c(=O)[nH]n3)c(Cl)c2)N=C1N. The number of rotatable bonds is 4. The predicted molar refractivity (Wildman–Crippen MR) is 111 cm³/mol. The van der Waals surface area contributed by atoms with Crippen molar-refractivity contribution >= 4 is 40.8 Å². The number of amides is 2. The Kier molecular flexibility index (Phi) is 5.14. The number of halogens is 2. The van der Waals surface area contributed by atoms with Gasteiger partial charge >= 0.3 is 6.03 Å². The van der Waals surface area contributed by atoms with Gasteiger partial charge in [-0.05, 0) is 30.9 Å². The van der Waals surface area contributed by atoms with Gasteiger partial charge in [0.1, 0.15) is 0 Å². The molecule has 2 heterocycles. The number of H-pyrrole nitrogens is 1. The highest BCUT2D eigenvalue weighted by molar-refractivity contribution is 6.37. The zero-order valence-electron chi connectivity index (χ0n) is 15.4. The summed E-state index contributed by atoms with van der Waals surface area (Å²) in [6.07, 6.45) is 0.581. The molecule has 2 amide bonds. The highest BCUT2D eigenvalue weighted by atomic mass is 35.5. The molecule has 12 heteroatoms. The lowest BCUT2D eigenvalue weighted by atomic mass is 9.78. The number of nitrogens with one attached hydrogen (secondary N) is 2. The van der Waals surface area contributed by atoms with E-state index in [0.29, 0.717) is 18.4 Å². The number of amidine groups is 1. The molecule has 1 aromatic carbocycles. The molecule has 1 aliphatic heterocycles.